The minimum absolute atomic E-state index is 0.178. The number of benzene rings is 2. The number of hydrogen-bond acceptors (Lipinski definition) is 4. The highest BCUT2D eigenvalue weighted by atomic mass is 19.1. The molecule has 0 saturated carbocycles. The molecule has 31 heavy (non-hydrogen) atoms. The Balaban J connectivity index is 0.000000430. The van der Waals surface area contributed by atoms with Crippen LogP contribution in [0.5, 0.6) is 0 Å². The Kier molecular flexibility index (Phi) is 16.5. The molecule has 4 N–H and O–H groups in total. The fourth-order valence-electron chi connectivity index (χ4n) is 2.23. The first-order valence-corrected chi connectivity index (χ1v) is 9.82. The quantitative estimate of drug-likeness (QED) is 0.500. The van der Waals surface area contributed by atoms with Gasteiger partial charge in [0.15, 0.2) is 0 Å². The summed E-state index contributed by atoms with van der Waals surface area (Å²) in [7, 11) is 0. The van der Waals surface area contributed by atoms with Crippen LogP contribution in [0.1, 0.15) is 19.4 Å². The van der Waals surface area contributed by atoms with Crippen molar-refractivity contribution >= 4 is 12.2 Å². The lowest BCUT2D eigenvalue weighted by Crippen LogP contribution is -2.41. The molecule has 2 aromatic rings. The predicted molar refractivity (Wildman–Crippen MR) is 118 cm³/mol. The smallest absolute Gasteiger partial charge is 0.126 e. The number of aliphatic hydroxyl groups excluding tert-OH is 1. The van der Waals surface area contributed by atoms with Crippen LogP contribution in [-0.4, -0.2) is 55.0 Å². The number of aliphatic imine (C=N–C) groups is 1. The van der Waals surface area contributed by atoms with Crippen LogP contribution in [0.3, 0.4) is 0 Å². The van der Waals surface area contributed by atoms with E-state index < -0.39 is 11.6 Å². The van der Waals surface area contributed by atoms with Gasteiger partial charge in [-0.15, -0.1) is 0 Å². The number of amidine groups is 1. The average Bonchev–Trinajstić information content (AvgIpc) is 2.77. The molecule has 0 aliphatic carbocycles. The summed E-state index contributed by atoms with van der Waals surface area (Å²) in [5.41, 5.74) is 5.78. The third-order valence-corrected chi connectivity index (χ3v) is 3.56. The molecule has 0 spiro atoms. The number of rotatable bonds is 4. The Bertz CT molecular complexity index is 735. The van der Waals surface area contributed by atoms with Crippen molar-refractivity contribution in [3.63, 3.8) is 0 Å². The zero-order valence-corrected chi connectivity index (χ0v) is 17.9. The standard InChI is InChI=1S/C7H6F2O.C7H14N4O.C6H5F.C2H6/c8-6-1-5(4-10)2-7(9)3-6;8-6-10-7(9)5-11-1-3-12-4-2-11;7-6-4-2-1-3-5-6;1-2/h1-3,10H,4H2;6H,1-5H2,(H3,8,9,10);1-5H;1-2H3. The van der Waals surface area contributed by atoms with Gasteiger partial charge in [-0.2, -0.15) is 0 Å². The third kappa shape index (κ3) is 14.8. The monoisotopic (exact) mass is 440 g/mol. The van der Waals surface area contributed by atoms with E-state index in [0.29, 0.717) is 12.4 Å². The summed E-state index contributed by atoms with van der Waals surface area (Å²) in [6.45, 7) is 7.62. The van der Waals surface area contributed by atoms with Gasteiger partial charge in [-0.1, -0.05) is 32.0 Å². The van der Waals surface area contributed by atoms with Gasteiger partial charge in [0.1, 0.15) is 29.6 Å². The summed E-state index contributed by atoms with van der Waals surface area (Å²) < 4.78 is 41.6. The summed E-state index contributed by atoms with van der Waals surface area (Å²) in [6, 6.07) is 10.9. The van der Waals surface area contributed by atoms with Gasteiger partial charge in [-0.3, -0.25) is 10.3 Å². The molecule has 0 atom stereocenters. The summed E-state index contributed by atoms with van der Waals surface area (Å²) in [5.74, 6) is -1.01. The number of ether oxygens (including phenoxy) is 1. The minimum atomic E-state index is -0.663. The Morgan fingerprint density at radius 2 is 1.61 bits per heavy atom. The van der Waals surface area contributed by atoms with Crippen LogP contribution in [0, 0.1) is 22.9 Å². The SMILES string of the molecule is CC.Fc1ccccc1.N=CN=C(N)CN1CCOCC1.OCc1cc(F)cc(F)c1. The lowest BCUT2D eigenvalue weighted by Gasteiger charge is -2.25. The van der Waals surface area contributed by atoms with Gasteiger partial charge in [0.05, 0.1) is 26.4 Å². The van der Waals surface area contributed by atoms with Crippen LogP contribution < -0.4 is 5.73 Å². The largest absolute Gasteiger partial charge is 0.392 e. The molecule has 1 aliphatic heterocycles. The molecule has 0 aromatic heterocycles. The van der Waals surface area contributed by atoms with E-state index in [9.17, 15) is 13.2 Å². The zero-order valence-electron chi connectivity index (χ0n) is 17.9. The molecule has 172 valence electrons. The van der Waals surface area contributed by atoms with Crippen molar-refractivity contribution in [1.29, 1.82) is 5.41 Å². The van der Waals surface area contributed by atoms with Gasteiger partial charge in [0.2, 0.25) is 0 Å². The molecule has 2 aromatic carbocycles. The number of nitrogens with one attached hydrogen (secondary N) is 1. The van der Waals surface area contributed by atoms with Crippen molar-refractivity contribution in [3.8, 4) is 0 Å². The van der Waals surface area contributed by atoms with Crippen LogP contribution in [0.2, 0.25) is 0 Å². The van der Waals surface area contributed by atoms with Crippen LogP contribution in [-0.2, 0) is 11.3 Å². The number of nitrogens with two attached hydrogens (primary N) is 1. The van der Waals surface area contributed by atoms with Crippen molar-refractivity contribution < 1.29 is 23.0 Å². The second kappa shape index (κ2) is 18.1. The van der Waals surface area contributed by atoms with E-state index in [1.165, 1.54) is 12.1 Å². The summed E-state index contributed by atoms with van der Waals surface area (Å²) in [5, 5.41) is 15.2. The maximum Gasteiger partial charge on any atom is 0.126 e. The van der Waals surface area contributed by atoms with E-state index in [2.05, 4.69) is 9.89 Å². The molecule has 3 rings (SSSR count). The zero-order chi connectivity index (χ0) is 23.5. The Hall–Kier alpha value is -2.75. The van der Waals surface area contributed by atoms with Crippen LogP contribution in [0.15, 0.2) is 53.5 Å². The highest BCUT2D eigenvalue weighted by Gasteiger charge is 2.10. The Morgan fingerprint density at radius 3 is 2.03 bits per heavy atom. The molecule has 6 nitrogen and oxygen atoms in total. The second-order valence-electron chi connectivity index (χ2n) is 5.87. The lowest BCUT2D eigenvalue weighted by molar-refractivity contribution is 0.0452. The number of morpholine rings is 1. The molecule has 0 radical (unpaired) electrons. The summed E-state index contributed by atoms with van der Waals surface area (Å²) >= 11 is 0. The van der Waals surface area contributed by atoms with Crippen LogP contribution in [0.25, 0.3) is 0 Å². The van der Waals surface area contributed by atoms with E-state index in [4.69, 9.17) is 21.0 Å². The molecular weight excluding hydrogens is 409 g/mol. The van der Waals surface area contributed by atoms with Crippen molar-refractivity contribution in [1.82, 2.24) is 4.90 Å². The highest BCUT2D eigenvalue weighted by Crippen LogP contribution is 2.06. The van der Waals surface area contributed by atoms with Gasteiger partial charge in [-0.05, 0) is 29.8 Å². The van der Waals surface area contributed by atoms with E-state index in [1.807, 2.05) is 13.8 Å². The van der Waals surface area contributed by atoms with Crippen molar-refractivity contribution in [2.45, 2.75) is 20.5 Å². The molecular formula is C22H31F3N4O2. The second-order valence-corrected chi connectivity index (χ2v) is 5.87. The van der Waals surface area contributed by atoms with Crippen molar-refractivity contribution in [2.75, 3.05) is 32.8 Å². The van der Waals surface area contributed by atoms with Gasteiger partial charge in [0.25, 0.3) is 0 Å². The van der Waals surface area contributed by atoms with Gasteiger partial charge in [0, 0.05) is 19.2 Å². The van der Waals surface area contributed by atoms with Crippen molar-refractivity contribution in [3.05, 3.63) is 71.5 Å². The van der Waals surface area contributed by atoms with Crippen LogP contribution in [0.4, 0.5) is 13.2 Å². The topological polar surface area (TPSA) is 94.9 Å². The Morgan fingerprint density at radius 1 is 1.06 bits per heavy atom. The molecule has 1 saturated heterocycles. The molecule has 0 amide bonds. The first kappa shape index (κ1) is 28.2. The molecule has 0 unspecified atom stereocenters. The number of aliphatic hydroxyl groups is 1. The van der Waals surface area contributed by atoms with E-state index in [-0.39, 0.29) is 18.0 Å². The molecule has 1 heterocycles. The van der Waals surface area contributed by atoms with Crippen molar-refractivity contribution in [2.24, 2.45) is 10.7 Å². The maximum atomic E-state index is 12.3. The summed E-state index contributed by atoms with van der Waals surface area (Å²) in [6.07, 6.45) is 0.968. The highest BCUT2D eigenvalue weighted by molar-refractivity contribution is 5.88. The first-order chi connectivity index (χ1) is 14.9. The molecule has 1 fully saturated rings. The van der Waals surface area contributed by atoms with Gasteiger partial charge >= 0.3 is 0 Å². The fraction of sp³-hybridized carbons (Fsp3) is 0.364. The lowest BCUT2D eigenvalue weighted by atomic mass is 10.2. The molecule has 0 bridgehead atoms. The average molecular weight is 441 g/mol. The Labute approximate surface area is 181 Å². The molecule has 1 aliphatic rings. The van der Waals surface area contributed by atoms with Crippen LogP contribution >= 0.6 is 0 Å². The third-order valence-electron chi connectivity index (χ3n) is 3.56. The van der Waals surface area contributed by atoms with E-state index in [0.717, 1.165) is 50.8 Å². The minimum Gasteiger partial charge on any atom is -0.392 e. The number of halogens is 3. The normalized spacial score (nSPS) is 13.4. The molecule has 9 heteroatoms. The first-order valence-electron chi connectivity index (χ1n) is 9.82. The van der Waals surface area contributed by atoms with Gasteiger partial charge < -0.3 is 15.6 Å². The maximum absolute atomic E-state index is 12.3. The number of nitrogens with zero attached hydrogens (tertiary/aromatic N) is 2. The van der Waals surface area contributed by atoms with E-state index in [1.54, 1.807) is 18.2 Å². The number of hydrogen-bond donors (Lipinski definition) is 3. The predicted octanol–water partition coefficient (Wildman–Crippen LogP) is 3.59. The summed E-state index contributed by atoms with van der Waals surface area (Å²) in [4.78, 5) is 5.83. The van der Waals surface area contributed by atoms with E-state index >= 15 is 0 Å². The fourth-order valence-corrected chi connectivity index (χ4v) is 2.23. The van der Waals surface area contributed by atoms with Gasteiger partial charge in [-0.25, -0.2) is 18.2 Å².